The van der Waals surface area contributed by atoms with Crippen molar-refractivity contribution < 1.29 is 0 Å². The lowest BCUT2D eigenvalue weighted by Gasteiger charge is -2.18. The zero-order chi connectivity index (χ0) is 12.6. The van der Waals surface area contributed by atoms with Crippen molar-refractivity contribution >= 4 is 0 Å². The Bertz CT molecular complexity index is 442. The van der Waals surface area contributed by atoms with Gasteiger partial charge in [-0.15, -0.1) is 0 Å². The quantitative estimate of drug-likeness (QED) is 0.844. The molecule has 1 unspecified atom stereocenters. The topological polar surface area (TPSA) is 37.8 Å². The fourth-order valence-electron chi connectivity index (χ4n) is 2.02. The van der Waals surface area contributed by atoms with Gasteiger partial charge in [0, 0.05) is 30.5 Å². The smallest absolute Gasteiger partial charge is 0.115 e. The Kier molecular flexibility index (Phi) is 4.85. The average molecular weight is 241 g/mol. The molecule has 1 aromatic carbocycles. The summed E-state index contributed by atoms with van der Waals surface area (Å²) in [7, 11) is 0. The van der Waals surface area contributed by atoms with Crippen LogP contribution in [0.4, 0.5) is 0 Å². The maximum Gasteiger partial charge on any atom is 0.115 e. The number of rotatable bonds is 6. The van der Waals surface area contributed by atoms with Crippen LogP contribution in [-0.2, 0) is 6.54 Å². The Morgan fingerprint density at radius 1 is 1.11 bits per heavy atom. The van der Waals surface area contributed by atoms with Crippen LogP contribution in [0.3, 0.4) is 0 Å². The second-order valence-corrected chi connectivity index (χ2v) is 4.38. The summed E-state index contributed by atoms with van der Waals surface area (Å²) < 4.78 is 0. The van der Waals surface area contributed by atoms with Gasteiger partial charge in [-0.05, 0) is 12.0 Å². The number of benzene rings is 1. The zero-order valence-corrected chi connectivity index (χ0v) is 10.7. The van der Waals surface area contributed by atoms with Crippen molar-refractivity contribution in [1.29, 1.82) is 0 Å². The lowest BCUT2D eigenvalue weighted by atomic mass is 10.0. The van der Waals surface area contributed by atoms with Gasteiger partial charge in [-0.2, -0.15) is 0 Å². The van der Waals surface area contributed by atoms with E-state index >= 15 is 0 Å². The minimum Gasteiger partial charge on any atom is -0.306 e. The minimum atomic E-state index is 0.399. The van der Waals surface area contributed by atoms with Crippen LogP contribution < -0.4 is 5.32 Å². The molecule has 3 nitrogen and oxygen atoms in total. The van der Waals surface area contributed by atoms with Gasteiger partial charge in [-0.25, -0.2) is 9.97 Å². The van der Waals surface area contributed by atoms with Crippen molar-refractivity contribution in [3.8, 4) is 0 Å². The van der Waals surface area contributed by atoms with E-state index in [9.17, 15) is 0 Å². The molecule has 1 N–H and O–H groups in total. The molecule has 2 rings (SSSR count). The highest BCUT2D eigenvalue weighted by Gasteiger charge is 2.09. The summed E-state index contributed by atoms with van der Waals surface area (Å²) in [5.74, 6) is 0. The Morgan fingerprint density at radius 2 is 1.83 bits per heavy atom. The molecule has 1 atom stereocenters. The Hall–Kier alpha value is -1.74. The zero-order valence-electron chi connectivity index (χ0n) is 10.7. The van der Waals surface area contributed by atoms with Gasteiger partial charge in [-0.3, -0.25) is 0 Å². The summed E-state index contributed by atoms with van der Waals surface area (Å²) >= 11 is 0. The summed E-state index contributed by atoms with van der Waals surface area (Å²) in [5, 5.41) is 3.57. The van der Waals surface area contributed by atoms with Gasteiger partial charge in [-0.1, -0.05) is 43.7 Å². The molecule has 0 fully saturated rings. The molecule has 3 heteroatoms. The molecule has 0 saturated heterocycles. The highest BCUT2D eigenvalue weighted by atomic mass is 14.9. The molecule has 18 heavy (non-hydrogen) atoms. The van der Waals surface area contributed by atoms with Gasteiger partial charge in [0.2, 0.25) is 0 Å². The van der Waals surface area contributed by atoms with E-state index in [0.717, 1.165) is 24.9 Å². The number of nitrogens with one attached hydrogen (secondary N) is 1. The van der Waals surface area contributed by atoms with Crippen LogP contribution in [0, 0.1) is 0 Å². The molecule has 94 valence electrons. The Morgan fingerprint density at radius 3 is 2.50 bits per heavy atom. The van der Waals surface area contributed by atoms with E-state index in [-0.39, 0.29) is 0 Å². The first-order chi connectivity index (χ1) is 8.90. The van der Waals surface area contributed by atoms with Gasteiger partial charge in [0.15, 0.2) is 0 Å². The van der Waals surface area contributed by atoms with Crippen LogP contribution in [-0.4, -0.2) is 9.97 Å². The van der Waals surface area contributed by atoms with Gasteiger partial charge >= 0.3 is 0 Å². The summed E-state index contributed by atoms with van der Waals surface area (Å²) in [6.45, 7) is 3.02. The number of hydrogen-bond donors (Lipinski definition) is 1. The fraction of sp³-hybridized carbons (Fsp3) is 0.333. The highest BCUT2D eigenvalue weighted by Crippen LogP contribution is 2.18. The average Bonchev–Trinajstić information content (AvgIpc) is 2.45. The molecule has 0 spiro atoms. The second-order valence-electron chi connectivity index (χ2n) is 4.38. The largest absolute Gasteiger partial charge is 0.306 e. The van der Waals surface area contributed by atoms with Crippen molar-refractivity contribution in [1.82, 2.24) is 15.3 Å². The van der Waals surface area contributed by atoms with Gasteiger partial charge < -0.3 is 5.32 Å². The van der Waals surface area contributed by atoms with E-state index < -0.39 is 0 Å². The first-order valence-corrected chi connectivity index (χ1v) is 6.42. The van der Waals surface area contributed by atoms with Crippen molar-refractivity contribution in [3.63, 3.8) is 0 Å². The predicted molar refractivity (Wildman–Crippen MR) is 73.0 cm³/mol. The van der Waals surface area contributed by atoms with Gasteiger partial charge in [0.25, 0.3) is 0 Å². The first kappa shape index (κ1) is 12.7. The number of hydrogen-bond acceptors (Lipinski definition) is 3. The van der Waals surface area contributed by atoms with Crippen molar-refractivity contribution in [2.75, 3.05) is 0 Å². The molecule has 0 saturated carbocycles. The molecule has 0 amide bonds. The molecular formula is C15H19N3. The Labute approximate surface area is 108 Å². The lowest BCUT2D eigenvalue weighted by Crippen LogP contribution is -2.20. The molecule has 0 aliphatic carbocycles. The van der Waals surface area contributed by atoms with E-state index in [2.05, 4.69) is 52.5 Å². The highest BCUT2D eigenvalue weighted by molar-refractivity contribution is 5.19. The predicted octanol–water partition coefficient (Wildman–Crippen LogP) is 3.11. The van der Waals surface area contributed by atoms with Crippen molar-refractivity contribution in [3.05, 3.63) is 60.2 Å². The van der Waals surface area contributed by atoms with Crippen LogP contribution in [0.1, 0.15) is 36.9 Å². The molecule has 0 aliphatic rings. The summed E-state index contributed by atoms with van der Waals surface area (Å²) in [6, 6.07) is 11.0. The fourth-order valence-corrected chi connectivity index (χ4v) is 2.02. The first-order valence-electron chi connectivity index (χ1n) is 6.42. The normalized spacial score (nSPS) is 12.3. The standard InChI is InChI=1S/C15H19N3/c1-2-6-15(14-7-4-3-5-8-14)18-11-13-9-16-12-17-10-13/h3-5,7-10,12,15,18H,2,6,11H2,1H3. The lowest BCUT2D eigenvalue weighted by molar-refractivity contribution is 0.492. The molecule has 2 aromatic rings. The summed E-state index contributed by atoms with van der Waals surface area (Å²) in [4.78, 5) is 8.06. The van der Waals surface area contributed by atoms with Crippen LogP contribution in [0.2, 0.25) is 0 Å². The van der Waals surface area contributed by atoms with Crippen molar-refractivity contribution in [2.45, 2.75) is 32.4 Å². The van der Waals surface area contributed by atoms with Crippen LogP contribution in [0.25, 0.3) is 0 Å². The number of nitrogens with zero attached hydrogens (tertiary/aromatic N) is 2. The molecule has 0 aliphatic heterocycles. The maximum atomic E-state index is 4.03. The molecule has 0 radical (unpaired) electrons. The number of aromatic nitrogens is 2. The van der Waals surface area contributed by atoms with Gasteiger partial charge in [0.05, 0.1) is 0 Å². The second kappa shape index (κ2) is 6.87. The third-order valence-corrected chi connectivity index (χ3v) is 2.95. The minimum absolute atomic E-state index is 0.399. The molecule has 1 heterocycles. The van der Waals surface area contributed by atoms with Crippen molar-refractivity contribution in [2.24, 2.45) is 0 Å². The molecule has 1 aromatic heterocycles. The van der Waals surface area contributed by atoms with E-state index in [1.54, 1.807) is 6.33 Å². The molecule has 0 bridgehead atoms. The summed E-state index contributed by atoms with van der Waals surface area (Å²) in [5.41, 5.74) is 2.46. The summed E-state index contributed by atoms with van der Waals surface area (Å²) in [6.07, 6.45) is 7.57. The SMILES string of the molecule is CCCC(NCc1cncnc1)c1ccccc1. The van der Waals surface area contributed by atoms with Crippen LogP contribution in [0.5, 0.6) is 0 Å². The monoisotopic (exact) mass is 241 g/mol. The van der Waals surface area contributed by atoms with Crippen LogP contribution >= 0.6 is 0 Å². The van der Waals surface area contributed by atoms with E-state index in [1.807, 2.05) is 12.4 Å². The van der Waals surface area contributed by atoms with Gasteiger partial charge in [0.1, 0.15) is 6.33 Å². The Balaban J connectivity index is 1.99. The van der Waals surface area contributed by atoms with E-state index in [1.165, 1.54) is 5.56 Å². The molecular weight excluding hydrogens is 222 g/mol. The van der Waals surface area contributed by atoms with Crippen LogP contribution in [0.15, 0.2) is 49.1 Å². The third kappa shape index (κ3) is 3.64. The van der Waals surface area contributed by atoms with E-state index in [0.29, 0.717) is 6.04 Å². The third-order valence-electron chi connectivity index (χ3n) is 2.95. The maximum absolute atomic E-state index is 4.03. The van der Waals surface area contributed by atoms with E-state index in [4.69, 9.17) is 0 Å².